The third-order valence-electron chi connectivity index (χ3n) is 11.3. The molecule has 64 heavy (non-hydrogen) atoms. The van der Waals surface area contributed by atoms with E-state index in [1.165, 1.54) is 22.4 Å². The summed E-state index contributed by atoms with van der Waals surface area (Å²) in [5.74, 6) is -1.51. The monoisotopic (exact) mass is 872 g/mol. The van der Waals surface area contributed by atoms with E-state index in [0.29, 0.717) is 64.4 Å². The highest BCUT2D eigenvalue weighted by atomic mass is 16.5. The average molecular weight is 873 g/mol. The lowest BCUT2D eigenvalue weighted by Crippen LogP contribution is -2.37. The molecule has 0 aliphatic carbocycles. The van der Waals surface area contributed by atoms with Crippen LogP contribution in [0.15, 0.2) is 78.2 Å². The summed E-state index contributed by atoms with van der Waals surface area (Å²) < 4.78 is 16.0. The fraction of sp³-hybridized carbons (Fsp3) is 0.348. The SMILES string of the molecule is C=C1C[C@H]2C=Nc3cc(OCCCC(=O)Nc4cn(C)c(C(=O)Nc5cc(C(=O)n6ccc7cc(NC(=O)[C@H](C)CC(=O)[C@@H](N)C(C)C)ccc76)n(C)c5)n4)c(OC)cc3C(=O)N2C1. The number of amides is 4. The van der Waals surface area contributed by atoms with E-state index < -0.39 is 17.9 Å². The van der Waals surface area contributed by atoms with Gasteiger partial charge < -0.3 is 45.2 Å². The molecular formula is C46H52N10O8. The lowest BCUT2D eigenvalue weighted by Gasteiger charge is -2.20. The van der Waals surface area contributed by atoms with Crippen molar-refractivity contribution in [1.29, 1.82) is 0 Å². The van der Waals surface area contributed by atoms with Gasteiger partial charge in [-0.1, -0.05) is 32.9 Å². The van der Waals surface area contributed by atoms with Crippen LogP contribution in [-0.4, -0.2) is 97.5 Å². The van der Waals surface area contributed by atoms with Crippen molar-refractivity contribution >= 4 is 75.3 Å². The number of rotatable bonds is 16. The Morgan fingerprint density at radius 3 is 2.48 bits per heavy atom. The fourth-order valence-corrected chi connectivity index (χ4v) is 7.68. The Bertz CT molecular complexity index is 2720. The van der Waals surface area contributed by atoms with Crippen LogP contribution in [0.4, 0.5) is 22.9 Å². The predicted molar refractivity (Wildman–Crippen MR) is 242 cm³/mol. The Hall–Kier alpha value is -7.34. The molecule has 2 aliphatic heterocycles. The molecule has 334 valence electrons. The maximum atomic E-state index is 13.8. The highest BCUT2D eigenvalue weighted by Gasteiger charge is 2.34. The summed E-state index contributed by atoms with van der Waals surface area (Å²) in [5.41, 5.74) is 9.59. The highest BCUT2D eigenvalue weighted by molar-refractivity contribution is 6.06. The molecule has 2 aromatic carbocycles. The molecule has 18 heteroatoms. The summed E-state index contributed by atoms with van der Waals surface area (Å²) in [6, 6.07) is 11.0. The number of ketones is 1. The van der Waals surface area contributed by atoms with Gasteiger partial charge in [-0.3, -0.25) is 38.3 Å². The predicted octanol–water partition coefficient (Wildman–Crippen LogP) is 5.46. The average Bonchev–Trinajstić information content (AvgIpc) is 4.03. The second-order valence-corrected chi connectivity index (χ2v) is 16.6. The van der Waals surface area contributed by atoms with Gasteiger partial charge >= 0.3 is 0 Å². The fourth-order valence-electron chi connectivity index (χ4n) is 7.68. The molecule has 0 saturated carbocycles. The van der Waals surface area contributed by atoms with Crippen molar-refractivity contribution in [3.05, 3.63) is 90.3 Å². The van der Waals surface area contributed by atoms with E-state index >= 15 is 0 Å². The van der Waals surface area contributed by atoms with Gasteiger partial charge in [-0.25, -0.2) is 4.98 Å². The molecule has 1 fully saturated rings. The number of carbonyl (C=O) groups excluding carboxylic acids is 6. The summed E-state index contributed by atoms with van der Waals surface area (Å²) >= 11 is 0. The molecule has 5 N–H and O–H groups in total. The van der Waals surface area contributed by atoms with Gasteiger partial charge in [0.15, 0.2) is 23.1 Å². The minimum Gasteiger partial charge on any atom is -0.493 e. The first-order valence-corrected chi connectivity index (χ1v) is 20.9. The number of aliphatic imine (C=N–C) groups is 1. The number of hydrogen-bond donors (Lipinski definition) is 4. The number of methoxy groups -OCH3 is 1. The molecule has 0 bridgehead atoms. The minimum atomic E-state index is -0.626. The molecule has 4 amide bonds. The number of aryl methyl sites for hydroxylation is 2. The molecule has 2 aliphatic rings. The van der Waals surface area contributed by atoms with Gasteiger partial charge in [0, 0.05) is 81.3 Å². The molecule has 3 atom stereocenters. The molecule has 18 nitrogen and oxygen atoms in total. The molecule has 0 spiro atoms. The van der Waals surface area contributed by atoms with Crippen LogP contribution >= 0.6 is 0 Å². The molecule has 1 saturated heterocycles. The Morgan fingerprint density at radius 2 is 1.73 bits per heavy atom. The summed E-state index contributed by atoms with van der Waals surface area (Å²) in [4.78, 5) is 89.2. The summed E-state index contributed by atoms with van der Waals surface area (Å²) in [5, 5.41) is 9.05. The van der Waals surface area contributed by atoms with Gasteiger partial charge in [-0.2, -0.15) is 0 Å². The van der Waals surface area contributed by atoms with E-state index in [9.17, 15) is 28.8 Å². The zero-order chi connectivity index (χ0) is 46.0. The molecule has 3 aromatic heterocycles. The number of nitrogens with zero attached hydrogens (tertiary/aromatic N) is 6. The molecule has 5 heterocycles. The Labute approximate surface area is 369 Å². The Balaban J connectivity index is 0.911. The summed E-state index contributed by atoms with van der Waals surface area (Å²) in [7, 11) is 4.79. The molecule has 0 unspecified atom stereocenters. The van der Waals surface area contributed by atoms with E-state index in [-0.39, 0.29) is 78.2 Å². The first-order valence-electron chi connectivity index (χ1n) is 20.9. The maximum Gasteiger partial charge on any atom is 0.291 e. The van der Waals surface area contributed by atoms with Gasteiger partial charge in [0.2, 0.25) is 17.6 Å². The number of anilines is 3. The van der Waals surface area contributed by atoms with Crippen molar-refractivity contribution in [1.82, 2.24) is 23.6 Å². The van der Waals surface area contributed by atoms with E-state index in [1.54, 1.807) is 91.6 Å². The van der Waals surface area contributed by atoms with Crippen LogP contribution in [0.1, 0.15) is 77.9 Å². The first kappa shape index (κ1) is 44.7. The molecule has 0 radical (unpaired) electrons. The number of nitrogens with two attached hydrogens (primary N) is 1. The van der Waals surface area contributed by atoms with Crippen molar-refractivity contribution in [2.24, 2.45) is 36.7 Å². The third-order valence-corrected chi connectivity index (χ3v) is 11.3. The van der Waals surface area contributed by atoms with Gasteiger partial charge in [-0.15, -0.1) is 0 Å². The van der Waals surface area contributed by atoms with Crippen LogP contribution in [0.25, 0.3) is 10.9 Å². The topological polar surface area (TPSA) is 226 Å². The Morgan fingerprint density at radius 1 is 0.953 bits per heavy atom. The van der Waals surface area contributed by atoms with E-state index in [0.717, 1.165) is 5.57 Å². The standard InChI is InChI=1S/C46H52N10O8/c1-25(2)41(47)36(57)16-27(4)43(59)49-29-10-11-34-28(17-29)12-13-55(34)46(62)35-18-30(23-53(35)5)50-44(60)42-52-39(24-54(42)6)51-40(58)9-8-14-64-38-20-33-32(19-37(38)63-7)45(61)56-22-26(3)15-31(56)21-48-33/h10-13,17-21,23-25,27,31,41H,3,8-9,14-16,22,47H2,1-2,4-7H3,(H,49,59)(H,50,60)(H,51,58)/t27-,31+,41+/m1/s1. The number of fused-ring (bicyclic) bond motifs is 3. The van der Waals surface area contributed by atoms with Crippen LogP contribution in [0.3, 0.4) is 0 Å². The number of imidazole rings is 1. The smallest absolute Gasteiger partial charge is 0.291 e. The summed E-state index contributed by atoms with van der Waals surface area (Å²) in [6.45, 7) is 10.1. The number of aromatic nitrogens is 4. The first-order chi connectivity index (χ1) is 30.5. The van der Waals surface area contributed by atoms with Crippen molar-refractivity contribution in [3.63, 3.8) is 0 Å². The minimum absolute atomic E-state index is 0.0239. The number of carbonyl (C=O) groups is 6. The van der Waals surface area contributed by atoms with Gasteiger partial charge in [-0.05, 0) is 55.2 Å². The van der Waals surface area contributed by atoms with Gasteiger partial charge in [0.25, 0.3) is 17.7 Å². The molecule has 5 aromatic rings. The molecule has 7 rings (SSSR count). The van der Waals surface area contributed by atoms with E-state index in [1.807, 2.05) is 13.8 Å². The molecular weight excluding hydrogens is 821 g/mol. The Kier molecular flexibility index (Phi) is 13.0. The lowest BCUT2D eigenvalue weighted by atomic mass is 9.93. The highest BCUT2D eigenvalue weighted by Crippen LogP contribution is 2.38. The maximum absolute atomic E-state index is 13.8. The lowest BCUT2D eigenvalue weighted by molar-refractivity contribution is -0.127. The van der Waals surface area contributed by atoms with E-state index in [2.05, 4.69) is 32.5 Å². The van der Waals surface area contributed by atoms with Gasteiger partial charge in [0.1, 0.15) is 5.69 Å². The quantitative estimate of drug-likeness (QED) is 0.0723. The summed E-state index contributed by atoms with van der Waals surface area (Å²) in [6.07, 6.45) is 7.65. The van der Waals surface area contributed by atoms with Crippen molar-refractivity contribution in [2.45, 2.75) is 58.5 Å². The number of nitrogens with one attached hydrogen (secondary N) is 3. The second-order valence-electron chi connectivity index (χ2n) is 16.6. The zero-order valence-electron chi connectivity index (χ0n) is 36.6. The van der Waals surface area contributed by atoms with Crippen LogP contribution in [0.5, 0.6) is 11.5 Å². The zero-order valence-corrected chi connectivity index (χ0v) is 36.6. The normalized spacial score (nSPS) is 15.4. The van der Waals surface area contributed by atoms with Crippen molar-refractivity contribution in [2.75, 3.05) is 36.2 Å². The number of ether oxygens (including phenoxy) is 2. The number of Topliss-reactive ketones (excluding diaryl/α,β-unsaturated/α-hetero) is 1. The van der Waals surface area contributed by atoms with Gasteiger partial charge in [0.05, 0.1) is 48.3 Å². The number of benzene rings is 2. The number of hydrogen-bond acceptors (Lipinski definition) is 11. The van der Waals surface area contributed by atoms with Crippen LogP contribution in [0.2, 0.25) is 0 Å². The van der Waals surface area contributed by atoms with Crippen LogP contribution in [-0.2, 0) is 28.5 Å². The van der Waals surface area contributed by atoms with Crippen LogP contribution < -0.4 is 31.2 Å². The van der Waals surface area contributed by atoms with E-state index in [4.69, 9.17) is 15.2 Å². The van der Waals surface area contributed by atoms with Crippen LogP contribution in [0, 0.1) is 11.8 Å². The van der Waals surface area contributed by atoms with Crippen molar-refractivity contribution in [3.8, 4) is 11.5 Å². The third kappa shape index (κ3) is 9.51. The largest absolute Gasteiger partial charge is 0.493 e. The van der Waals surface area contributed by atoms with Crippen molar-refractivity contribution < 1.29 is 38.2 Å². The second kappa shape index (κ2) is 18.6.